The minimum absolute atomic E-state index is 0.0109. The number of methoxy groups -OCH3 is 1. The van der Waals surface area contributed by atoms with Gasteiger partial charge >= 0.3 is 5.97 Å². The minimum atomic E-state index is -0.377. The summed E-state index contributed by atoms with van der Waals surface area (Å²) >= 11 is 0. The summed E-state index contributed by atoms with van der Waals surface area (Å²) in [5, 5.41) is 0. The number of fused-ring (bicyclic) bond motifs is 1. The number of rotatable bonds is 2. The molecular weight excluding hydrogens is 304 g/mol. The van der Waals surface area contributed by atoms with Crippen LogP contribution in [-0.2, 0) is 4.74 Å². The molecule has 1 heterocycles. The number of hydrogen-bond acceptors (Lipinski definition) is 4. The molecule has 0 saturated carbocycles. The molecule has 0 spiro atoms. The van der Waals surface area contributed by atoms with Crippen molar-refractivity contribution >= 4 is 17.8 Å². The monoisotopic (exact) mass is 322 g/mol. The summed E-state index contributed by atoms with van der Waals surface area (Å²) < 4.78 is 10.4. The molecule has 122 valence electrons. The van der Waals surface area contributed by atoms with Crippen LogP contribution in [0.2, 0.25) is 0 Å². The first-order valence-corrected chi connectivity index (χ1v) is 7.75. The van der Waals surface area contributed by atoms with Crippen molar-refractivity contribution in [2.45, 2.75) is 13.3 Å². The van der Waals surface area contributed by atoms with Gasteiger partial charge in [0.15, 0.2) is 5.78 Å². The van der Waals surface area contributed by atoms with E-state index in [1.807, 2.05) is 31.2 Å². The van der Waals surface area contributed by atoms with Crippen molar-refractivity contribution in [1.29, 1.82) is 0 Å². The minimum Gasteiger partial charge on any atom is -0.492 e. The van der Waals surface area contributed by atoms with E-state index in [1.54, 1.807) is 24.3 Å². The van der Waals surface area contributed by atoms with Crippen molar-refractivity contribution in [2.24, 2.45) is 0 Å². The summed E-state index contributed by atoms with van der Waals surface area (Å²) in [6.07, 6.45) is 2.40. The summed E-state index contributed by atoms with van der Waals surface area (Å²) in [5.74, 6) is 0.246. The van der Waals surface area contributed by atoms with Gasteiger partial charge in [0.2, 0.25) is 0 Å². The molecule has 0 amide bonds. The number of aryl methyl sites for hydroxylation is 1. The fourth-order valence-corrected chi connectivity index (χ4v) is 2.68. The van der Waals surface area contributed by atoms with Crippen LogP contribution in [0.4, 0.5) is 0 Å². The first-order valence-electron chi connectivity index (χ1n) is 7.75. The fraction of sp³-hybridized carbons (Fsp3) is 0.200. The summed E-state index contributed by atoms with van der Waals surface area (Å²) in [6, 6.07) is 12.6. The Morgan fingerprint density at radius 3 is 2.62 bits per heavy atom. The van der Waals surface area contributed by atoms with E-state index in [0.29, 0.717) is 35.5 Å². The Morgan fingerprint density at radius 2 is 1.92 bits per heavy atom. The van der Waals surface area contributed by atoms with Gasteiger partial charge in [-0.2, -0.15) is 0 Å². The number of ketones is 1. The van der Waals surface area contributed by atoms with Gasteiger partial charge in [-0.1, -0.05) is 23.8 Å². The molecule has 0 aromatic heterocycles. The Labute approximate surface area is 140 Å². The standard InChI is InChI=1S/C20H18O4/c1-13-3-8-18-17(11-13)19(21)16(9-10-24-18)12-14-4-6-15(7-5-14)20(22)23-2/h3-8,11-12H,9-10H2,1-2H3. The zero-order valence-corrected chi connectivity index (χ0v) is 13.7. The molecule has 0 saturated heterocycles. The number of ether oxygens (including phenoxy) is 2. The van der Waals surface area contributed by atoms with Crippen molar-refractivity contribution in [3.8, 4) is 5.75 Å². The Bertz CT molecular complexity index is 816. The lowest BCUT2D eigenvalue weighted by atomic mass is 9.97. The molecule has 0 aliphatic carbocycles. The van der Waals surface area contributed by atoms with Crippen LogP contribution in [0.5, 0.6) is 5.75 Å². The maximum Gasteiger partial charge on any atom is 0.337 e. The van der Waals surface area contributed by atoms with Crippen LogP contribution >= 0.6 is 0 Å². The molecular formula is C20H18O4. The van der Waals surface area contributed by atoms with E-state index in [9.17, 15) is 9.59 Å². The number of benzene rings is 2. The van der Waals surface area contributed by atoms with Gasteiger partial charge in [0, 0.05) is 12.0 Å². The van der Waals surface area contributed by atoms with E-state index in [-0.39, 0.29) is 11.8 Å². The molecule has 4 nitrogen and oxygen atoms in total. The van der Waals surface area contributed by atoms with Crippen molar-refractivity contribution in [3.63, 3.8) is 0 Å². The summed E-state index contributed by atoms with van der Waals surface area (Å²) in [4.78, 5) is 24.3. The van der Waals surface area contributed by atoms with E-state index in [2.05, 4.69) is 4.74 Å². The highest BCUT2D eigenvalue weighted by atomic mass is 16.5. The van der Waals surface area contributed by atoms with Gasteiger partial charge < -0.3 is 9.47 Å². The zero-order valence-electron chi connectivity index (χ0n) is 13.7. The maximum atomic E-state index is 12.8. The SMILES string of the molecule is COC(=O)c1ccc(C=C2CCOc3ccc(C)cc3C2=O)cc1. The molecule has 0 atom stereocenters. The average Bonchev–Trinajstić information content (AvgIpc) is 2.75. The maximum absolute atomic E-state index is 12.8. The molecule has 0 N–H and O–H groups in total. The van der Waals surface area contributed by atoms with Crippen LogP contribution in [0.15, 0.2) is 48.0 Å². The first-order chi connectivity index (χ1) is 11.6. The van der Waals surface area contributed by atoms with Gasteiger partial charge in [0.25, 0.3) is 0 Å². The third-order valence-corrected chi connectivity index (χ3v) is 3.97. The molecule has 4 heteroatoms. The highest BCUT2D eigenvalue weighted by Crippen LogP contribution is 2.28. The quantitative estimate of drug-likeness (QED) is 0.623. The second kappa shape index (κ2) is 6.71. The molecule has 1 aliphatic rings. The van der Waals surface area contributed by atoms with Crippen LogP contribution in [0.1, 0.15) is 38.3 Å². The molecule has 0 fully saturated rings. The average molecular weight is 322 g/mol. The lowest BCUT2D eigenvalue weighted by Gasteiger charge is -2.06. The fourth-order valence-electron chi connectivity index (χ4n) is 2.68. The third-order valence-electron chi connectivity index (χ3n) is 3.97. The van der Waals surface area contributed by atoms with Gasteiger partial charge in [0.1, 0.15) is 5.75 Å². The van der Waals surface area contributed by atoms with Crippen molar-refractivity contribution in [2.75, 3.05) is 13.7 Å². The lowest BCUT2D eigenvalue weighted by molar-refractivity contribution is 0.0600. The highest BCUT2D eigenvalue weighted by molar-refractivity contribution is 6.13. The van der Waals surface area contributed by atoms with Gasteiger partial charge in [-0.15, -0.1) is 0 Å². The lowest BCUT2D eigenvalue weighted by Crippen LogP contribution is -2.03. The van der Waals surface area contributed by atoms with E-state index >= 15 is 0 Å². The van der Waals surface area contributed by atoms with Crippen LogP contribution in [0, 0.1) is 6.92 Å². The van der Waals surface area contributed by atoms with Crippen molar-refractivity contribution in [3.05, 3.63) is 70.3 Å². The van der Waals surface area contributed by atoms with E-state index < -0.39 is 0 Å². The van der Waals surface area contributed by atoms with Gasteiger partial charge in [-0.3, -0.25) is 4.79 Å². The zero-order chi connectivity index (χ0) is 17.1. The predicted molar refractivity (Wildman–Crippen MR) is 91.4 cm³/mol. The number of esters is 1. The van der Waals surface area contributed by atoms with Crippen LogP contribution in [-0.4, -0.2) is 25.5 Å². The summed E-state index contributed by atoms with van der Waals surface area (Å²) in [6.45, 7) is 2.42. The largest absolute Gasteiger partial charge is 0.492 e. The van der Waals surface area contributed by atoms with Crippen molar-refractivity contribution < 1.29 is 19.1 Å². The van der Waals surface area contributed by atoms with Crippen LogP contribution in [0.3, 0.4) is 0 Å². The Balaban J connectivity index is 1.92. The molecule has 0 radical (unpaired) electrons. The van der Waals surface area contributed by atoms with E-state index in [1.165, 1.54) is 7.11 Å². The second-order valence-electron chi connectivity index (χ2n) is 5.71. The Kier molecular flexibility index (Phi) is 4.47. The van der Waals surface area contributed by atoms with Crippen LogP contribution in [0.25, 0.3) is 6.08 Å². The predicted octanol–water partition coefficient (Wildman–Crippen LogP) is 3.83. The normalized spacial score (nSPS) is 15.4. The molecule has 24 heavy (non-hydrogen) atoms. The number of carbonyl (C=O) groups excluding carboxylic acids is 2. The van der Waals surface area contributed by atoms with E-state index in [4.69, 9.17) is 4.74 Å². The van der Waals surface area contributed by atoms with Crippen molar-refractivity contribution in [1.82, 2.24) is 0 Å². The second-order valence-corrected chi connectivity index (χ2v) is 5.71. The highest BCUT2D eigenvalue weighted by Gasteiger charge is 2.21. The molecule has 3 rings (SSSR count). The van der Waals surface area contributed by atoms with Crippen LogP contribution < -0.4 is 4.74 Å². The smallest absolute Gasteiger partial charge is 0.337 e. The Morgan fingerprint density at radius 1 is 1.17 bits per heavy atom. The van der Waals surface area contributed by atoms with E-state index in [0.717, 1.165) is 11.1 Å². The molecule has 2 aromatic rings. The summed E-state index contributed by atoms with van der Waals surface area (Å²) in [5.41, 5.74) is 3.67. The molecule has 0 bridgehead atoms. The Hall–Kier alpha value is -2.88. The molecule has 2 aromatic carbocycles. The first kappa shape index (κ1) is 16.0. The van der Waals surface area contributed by atoms with Gasteiger partial charge in [0.05, 0.1) is 24.8 Å². The van der Waals surface area contributed by atoms with Gasteiger partial charge in [-0.25, -0.2) is 4.79 Å². The molecule has 1 aliphatic heterocycles. The molecule has 0 unspecified atom stereocenters. The number of carbonyl (C=O) groups is 2. The topological polar surface area (TPSA) is 52.6 Å². The van der Waals surface area contributed by atoms with Gasteiger partial charge in [-0.05, 0) is 42.8 Å². The number of Topliss-reactive ketones (excluding diaryl/α,β-unsaturated/α-hetero) is 1. The number of hydrogen-bond donors (Lipinski definition) is 0. The third kappa shape index (κ3) is 3.23. The summed E-state index contributed by atoms with van der Waals surface area (Å²) in [7, 11) is 1.35.